The average Bonchev–Trinajstić information content (AvgIpc) is 3.11. The highest BCUT2D eigenvalue weighted by molar-refractivity contribution is 6.08. The van der Waals surface area contributed by atoms with Crippen LogP contribution in [0.3, 0.4) is 0 Å². The van der Waals surface area contributed by atoms with E-state index >= 15 is 0 Å². The molecule has 4 rings (SSSR count). The van der Waals surface area contributed by atoms with Crippen LogP contribution in [0, 0.1) is 5.82 Å². The number of nitrogens with one attached hydrogen (secondary N) is 3. The Hall–Kier alpha value is -4.28. The fraction of sp³-hybridized carbons (Fsp3) is 0.174. The Balaban J connectivity index is 1.49. The number of aromatic nitrogens is 1. The molecule has 0 spiro atoms. The number of hydrogen-bond donors (Lipinski definition) is 3. The summed E-state index contributed by atoms with van der Waals surface area (Å²) in [6, 6.07) is 10.7. The molecule has 0 radical (unpaired) electrons. The first-order valence-electron chi connectivity index (χ1n) is 10.2. The molecular formula is C23H19F3N4O4. The molecule has 3 aromatic rings. The first-order valence-corrected chi connectivity index (χ1v) is 10.2. The predicted molar refractivity (Wildman–Crippen MR) is 117 cm³/mol. The molecule has 1 aliphatic heterocycles. The lowest BCUT2D eigenvalue weighted by molar-refractivity contribution is -0.286. The molecule has 2 heterocycles. The van der Waals surface area contributed by atoms with Gasteiger partial charge in [-0.1, -0.05) is 0 Å². The van der Waals surface area contributed by atoms with Crippen molar-refractivity contribution in [3.8, 4) is 11.5 Å². The summed E-state index contributed by atoms with van der Waals surface area (Å²) in [6.07, 6.45) is -2.29. The van der Waals surface area contributed by atoms with Gasteiger partial charge in [0.25, 0.3) is 11.8 Å². The van der Waals surface area contributed by atoms with Crippen molar-refractivity contribution in [1.29, 1.82) is 0 Å². The molecule has 11 heteroatoms. The second kappa shape index (κ2) is 9.30. The number of halogens is 3. The van der Waals surface area contributed by atoms with Gasteiger partial charge in [0.15, 0.2) is 11.5 Å². The van der Waals surface area contributed by atoms with Crippen molar-refractivity contribution in [2.24, 2.45) is 0 Å². The van der Waals surface area contributed by atoms with E-state index in [0.717, 1.165) is 6.07 Å². The number of rotatable bonds is 7. The Bertz CT molecular complexity index is 1250. The number of alkyl halides is 2. The summed E-state index contributed by atoms with van der Waals surface area (Å²) >= 11 is 0. The second-order valence-electron chi connectivity index (χ2n) is 7.24. The van der Waals surface area contributed by atoms with Crippen LogP contribution in [-0.2, 0) is 6.54 Å². The number of anilines is 2. The normalized spacial score (nSPS) is 13.3. The number of fused-ring (bicyclic) bond motifs is 1. The molecule has 0 atom stereocenters. The number of nitrogens with zero attached hydrogens (tertiary/aromatic N) is 1. The lowest BCUT2D eigenvalue weighted by Gasteiger charge is -2.13. The summed E-state index contributed by atoms with van der Waals surface area (Å²) in [5, 5.41) is 8.23. The molecule has 8 nitrogen and oxygen atoms in total. The Morgan fingerprint density at radius 2 is 1.79 bits per heavy atom. The summed E-state index contributed by atoms with van der Waals surface area (Å²) in [7, 11) is 0. The maximum atomic E-state index is 13.9. The van der Waals surface area contributed by atoms with Gasteiger partial charge in [-0.15, -0.1) is 8.78 Å². The van der Waals surface area contributed by atoms with Crippen LogP contribution in [0.4, 0.5) is 24.5 Å². The van der Waals surface area contributed by atoms with E-state index in [1.807, 2.05) is 0 Å². The van der Waals surface area contributed by atoms with Gasteiger partial charge in [-0.25, -0.2) is 4.39 Å². The van der Waals surface area contributed by atoms with Crippen LogP contribution in [0.15, 0.2) is 54.7 Å². The van der Waals surface area contributed by atoms with E-state index in [0.29, 0.717) is 17.8 Å². The van der Waals surface area contributed by atoms with Crippen molar-refractivity contribution >= 4 is 23.2 Å². The van der Waals surface area contributed by atoms with Gasteiger partial charge >= 0.3 is 6.29 Å². The Morgan fingerprint density at radius 1 is 1.00 bits per heavy atom. The third-order valence-corrected chi connectivity index (χ3v) is 4.76. The quantitative estimate of drug-likeness (QED) is 0.478. The Morgan fingerprint density at radius 3 is 2.59 bits per heavy atom. The molecule has 0 unspecified atom stereocenters. The summed E-state index contributed by atoms with van der Waals surface area (Å²) in [6.45, 7) is 2.48. The van der Waals surface area contributed by atoms with Gasteiger partial charge in [0.05, 0.1) is 5.56 Å². The van der Waals surface area contributed by atoms with E-state index in [-0.39, 0.29) is 40.9 Å². The average molecular weight is 472 g/mol. The van der Waals surface area contributed by atoms with Gasteiger partial charge < -0.3 is 25.4 Å². The number of benzene rings is 2. The minimum absolute atomic E-state index is 0.0130. The molecule has 1 aliphatic rings. The van der Waals surface area contributed by atoms with Crippen LogP contribution in [0.1, 0.15) is 33.3 Å². The van der Waals surface area contributed by atoms with Crippen LogP contribution >= 0.6 is 0 Å². The molecule has 176 valence electrons. The van der Waals surface area contributed by atoms with E-state index < -0.39 is 18.0 Å². The zero-order chi connectivity index (χ0) is 24.3. The molecule has 0 aliphatic carbocycles. The van der Waals surface area contributed by atoms with Gasteiger partial charge in [-0.3, -0.25) is 14.6 Å². The molecule has 0 saturated carbocycles. The van der Waals surface area contributed by atoms with Gasteiger partial charge in [0, 0.05) is 36.7 Å². The number of ether oxygens (including phenoxy) is 2. The molecule has 2 aromatic carbocycles. The zero-order valence-electron chi connectivity index (χ0n) is 17.8. The number of hydrogen-bond acceptors (Lipinski definition) is 6. The van der Waals surface area contributed by atoms with Gasteiger partial charge in [0.1, 0.15) is 11.5 Å². The van der Waals surface area contributed by atoms with Crippen molar-refractivity contribution in [1.82, 2.24) is 10.3 Å². The van der Waals surface area contributed by atoms with Crippen molar-refractivity contribution in [2.75, 3.05) is 17.2 Å². The fourth-order valence-electron chi connectivity index (χ4n) is 3.24. The van der Waals surface area contributed by atoms with Crippen LogP contribution < -0.4 is 25.4 Å². The molecule has 3 N–H and O–H groups in total. The van der Waals surface area contributed by atoms with E-state index in [2.05, 4.69) is 30.4 Å². The van der Waals surface area contributed by atoms with E-state index in [9.17, 15) is 22.8 Å². The van der Waals surface area contributed by atoms with Crippen molar-refractivity contribution in [2.45, 2.75) is 19.8 Å². The molecular weight excluding hydrogens is 453 g/mol. The lowest BCUT2D eigenvalue weighted by Crippen LogP contribution is -2.25. The summed E-state index contributed by atoms with van der Waals surface area (Å²) in [5.74, 6) is -2.03. The second-order valence-corrected chi connectivity index (χ2v) is 7.24. The van der Waals surface area contributed by atoms with Gasteiger partial charge in [-0.2, -0.15) is 0 Å². The predicted octanol–water partition coefficient (Wildman–Crippen LogP) is 4.16. The molecule has 1 aromatic heterocycles. The highest BCUT2D eigenvalue weighted by Crippen LogP contribution is 2.42. The van der Waals surface area contributed by atoms with E-state index in [1.54, 1.807) is 19.1 Å². The molecule has 34 heavy (non-hydrogen) atoms. The third kappa shape index (κ3) is 5.20. The lowest BCUT2D eigenvalue weighted by atomic mass is 10.1. The van der Waals surface area contributed by atoms with Crippen LogP contribution in [0.5, 0.6) is 11.5 Å². The number of amides is 2. The topological polar surface area (TPSA) is 102 Å². The molecule has 0 fully saturated rings. The van der Waals surface area contributed by atoms with Crippen LogP contribution in [0.25, 0.3) is 0 Å². The summed E-state index contributed by atoms with van der Waals surface area (Å²) in [5.41, 5.74) is 1.42. The minimum atomic E-state index is -3.78. The number of carbonyl (C=O) groups is 2. The Kier molecular flexibility index (Phi) is 6.26. The Labute approximate surface area is 192 Å². The molecule has 0 bridgehead atoms. The highest BCUT2D eigenvalue weighted by Gasteiger charge is 2.43. The SMILES string of the molecule is CCNC(=O)c1cc(CNc2ccc(F)cc2C(=O)Nc2ccc3c(c2)OC(F)(F)O3)ccn1. The van der Waals surface area contributed by atoms with E-state index in [1.165, 1.54) is 36.5 Å². The number of pyridine rings is 1. The van der Waals surface area contributed by atoms with Crippen LogP contribution in [-0.4, -0.2) is 29.6 Å². The summed E-state index contributed by atoms with van der Waals surface area (Å²) < 4.78 is 49.1. The van der Waals surface area contributed by atoms with E-state index in [4.69, 9.17) is 0 Å². The first-order chi connectivity index (χ1) is 16.2. The summed E-state index contributed by atoms with van der Waals surface area (Å²) in [4.78, 5) is 28.9. The van der Waals surface area contributed by atoms with Gasteiger partial charge in [0.2, 0.25) is 0 Å². The molecule has 0 saturated heterocycles. The maximum absolute atomic E-state index is 13.9. The molecule has 2 amide bonds. The zero-order valence-corrected chi connectivity index (χ0v) is 17.8. The largest absolute Gasteiger partial charge is 0.586 e. The van der Waals surface area contributed by atoms with Gasteiger partial charge in [-0.05, 0) is 55.0 Å². The third-order valence-electron chi connectivity index (χ3n) is 4.76. The van der Waals surface area contributed by atoms with Crippen molar-refractivity contribution < 1.29 is 32.2 Å². The van der Waals surface area contributed by atoms with Crippen molar-refractivity contribution in [3.05, 3.63) is 77.4 Å². The number of carbonyl (C=O) groups excluding carboxylic acids is 2. The minimum Gasteiger partial charge on any atom is -0.395 e. The monoisotopic (exact) mass is 472 g/mol. The van der Waals surface area contributed by atoms with Crippen LogP contribution in [0.2, 0.25) is 0 Å². The maximum Gasteiger partial charge on any atom is 0.586 e. The fourth-order valence-corrected chi connectivity index (χ4v) is 3.24. The smallest absolute Gasteiger partial charge is 0.395 e. The van der Waals surface area contributed by atoms with Crippen molar-refractivity contribution in [3.63, 3.8) is 0 Å². The first kappa shape index (κ1) is 22.9. The standard InChI is InChI=1S/C23H19F3N4O4/c1-2-27-22(32)18-9-13(7-8-28-18)12-29-17-5-3-14(24)10-16(17)21(31)30-15-4-6-19-20(11-15)34-23(25,26)33-19/h3-11,29H,2,12H2,1H3,(H,27,32)(H,30,31). The highest BCUT2D eigenvalue weighted by atomic mass is 19.3.